The van der Waals surface area contributed by atoms with Crippen LogP contribution in [-0.2, 0) is 0 Å². The number of non-ortho nitro benzene ring substituents is 1. The number of anilines is 3. The van der Waals surface area contributed by atoms with Crippen LogP contribution in [0, 0.1) is 28.4 Å². The molecular weight excluding hydrogens is 256 g/mol. The summed E-state index contributed by atoms with van der Waals surface area (Å²) in [5.41, 5.74) is 8.22. The zero-order chi connectivity index (χ0) is 14.7. The highest BCUT2D eigenvalue weighted by Gasteiger charge is 2.10. The average Bonchev–Trinajstić information content (AvgIpc) is 2.38. The zero-order valence-corrected chi connectivity index (χ0v) is 10.8. The third kappa shape index (κ3) is 2.67. The molecule has 2 aromatic carbocycles. The number of hydrogen-bond acceptors (Lipinski definition) is 5. The van der Waals surface area contributed by atoms with E-state index in [1.165, 1.54) is 12.1 Å². The lowest BCUT2D eigenvalue weighted by atomic mass is 10.1. The third-order valence-electron chi connectivity index (χ3n) is 2.81. The van der Waals surface area contributed by atoms with E-state index in [4.69, 9.17) is 11.0 Å². The summed E-state index contributed by atoms with van der Waals surface area (Å²) in [7, 11) is 0. The number of nitriles is 1. The second-order valence-electron chi connectivity index (χ2n) is 4.30. The van der Waals surface area contributed by atoms with Gasteiger partial charge in [-0.2, -0.15) is 5.26 Å². The maximum atomic E-state index is 10.8. The number of nitrogen functional groups attached to an aromatic ring is 1. The first kappa shape index (κ1) is 13.4. The van der Waals surface area contributed by atoms with Crippen molar-refractivity contribution < 1.29 is 4.92 Å². The molecule has 0 aromatic heterocycles. The van der Waals surface area contributed by atoms with E-state index in [-0.39, 0.29) is 11.4 Å². The van der Waals surface area contributed by atoms with Gasteiger partial charge in [0, 0.05) is 23.5 Å². The van der Waals surface area contributed by atoms with Gasteiger partial charge in [0.1, 0.15) is 6.07 Å². The molecule has 0 atom stereocenters. The average molecular weight is 268 g/mol. The molecule has 0 amide bonds. The van der Waals surface area contributed by atoms with Gasteiger partial charge in [-0.3, -0.25) is 10.1 Å². The van der Waals surface area contributed by atoms with E-state index in [9.17, 15) is 10.1 Å². The summed E-state index contributed by atoms with van der Waals surface area (Å²) in [5.74, 6) is 0. The molecule has 0 radical (unpaired) electrons. The quantitative estimate of drug-likeness (QED) is 0.505. The summed E-state index contributed by atoms with van der Waals surface area (Å²) in [4.78, 5) is 10.3. The molecule has 0 unspecified atom stereocenters. The first-order chi connectivity index (χ1) is 9.51. The Morgan fingerprint density at radius 1 is 1.35 bits per heavy atom. The lowest BCUT2D eigenvalue weighted by Crippen LogP contribution is -1.98. The van der Waals surface area contributed by atoms with Crippen LogP contribution in [0.5, 0.6) is 0 Å². The van der Waals surface area contributed by atoms with Crippen LogP contribution in [0.4, 0.5) is 22.7 Å². The van der Waals surface area contributed by atoms with Gasteiger partial charge in [-0.15, -0.1) is 0 Å². The van der Waals surface area contributed by atoms with Crippen molar-refractivity contribution >= 4 is 22.7 Å². The minimum Gasteiger partial charge on any atom is -0.398 e. The molecule has 0 bridgehead atoms. The van der Waals surface area contributed by atoms with Crippen molar-refractivity contribution in [1.82, 2.24) is 0 Å². The number of nitro groups is 1. The molecule has 0 fully saturated rings. The summed E-state index contributed by atoms with van der Waals surface area (Å²) in [6, 6.07) is 11.7. The Balaban J connectivity index is 2.43. The van der Waals surface area contributed by atoms with Crippen molar-refractivity contribution in [3.63, 3.8) is 0 Å². The minimum absolute atomic E-state index is 0.0985. The molecule has 0 saturated carbocycles. The molecule has 0 aliphatic heterocycles. The van der Waals surface area contributed by atoms with Gasteiger partial charge in [-0.1, -0.05) is 12.1 Å². The molecule has 2 rings (SSSR count). The Morgan fingerprint density at radius 2 is 2.10 bits per heavy atom. The van der Waals surface area contributed by atoms with E-state index in [2.05, 4.69) is 11.4 Å². The first-order valence-corrected chi connectivity index (χ1v) is 5.83. The summed E-state index contributed by atoms with van der Waals surface area (Å²) < 4.78 is 0. The Labute approximate surface area is 115 Å². The van der Waals surface area contributed by atoms with Crippen LogP contribution < -0.4 is 11.1 Å². The summed E-state index contributed by atoms with van der Waals surface area (Å²) in [6.45, 7) is 1.82. The molecule has 6 heteroatoms. The highest BCUT2D eigenvalue weighted by Crippen LogP contribution is 2.27. The van der Waals surface area contributed by atoms with Crippen LogP contribution >= 0.6 is 0 Å². The lowest BCUT2D eigenvalue weighted by molar-refractivity contribution is -0.384. The molecule has 100 valence electrons. The largest absolute Gasteiger partial charge is 0.398 e. The van der Waals surface area contributed by atoms with Crippen molar-refractivity contribution in [2.45, 2.75) is 6.92 Å². The van der Waals surface area contributed by atoms with Crippen LogP contribution in [0.3, 0.4) is 0 Å². The summed E-state index contributed by atoms with van der Waals surface area (Å²) in [6.07, 6.45) is 0. The Hall–Kier alpha value is -3.07. The van der Waals surface area contributed by atoms with Gasteiger partial charge in [-0.05, 0) is 24.6 Å². The third-order valence-corrected chi connectivity index (χ3v) is 2.81. The maximum Gasteiger partial charge on any atom is 0.273 e. The van der Waals surface area contributed by atoms with Crippen molar-refractivity contribution in [2.75, 3.05) is 11.1 Å². The van der Waals surface area contributed by atoms with Crippen molar-refractivity contribution in [2.24, 2.45) is 0 Å². The number of hydrogen-bond donors (Lipinski definition) is 2. The fraction of sp³-hybridized carbons (Fsp3) is 0.0714. The smallest absolute Gasteiger partial charge is 0.273 e. The number of benzene rings is 2. The number of rotatable bonds is 3. The van der Waals surface area contributed by atoms with Crippen LogP contribution in [0.25, 0.3) is 0 Å². The van der Waals surface area contributed by atoms with E-state index in [0.717, 1.165) is 5.56 Å². The van der Waals surface area contributed by atoms with Gasteiger partial charge in [0.25, 0.3) is 5.69 Å². The van der Waals surface area contributed by atoms with Gasteiger partial charge in [-0.25, -0.2) is 0 Å². The number of nitro benzene ring substituents is 1. The number of nitrogens with zero attached hydrogens (tertiary/aromatic N) is 2. The molecule has 0 aliphatic rings. The van der Waals surface area contributed by atoms with Crippen molar-refractivity contribution in [3.8, 4) is 6.07 Å². The monoisotopic (exact) mass is 268 g/mol. The minimum atomic E-state index is -0.511. The summed E-state index contributed by atoms with van der Waals surface area (Å²) >= 11 is 0. The van der Waals surface area contributed by atoms with Gasteiger partial charge >= 0.3 is 0 Å². The van der Waals surface area contributed by atoms with E-state index in [1.807, 2.05) is 13.0 Å². The van der Waals surface area contributed by atoms with Gasteiger partial charge in [0.15, 0.2) is 0 Å². The Morgan fingerprint density at radius 3 is 2.75 bits per heavy atom. The molecule has 6 nitrogen and oxygen atoms in total. The van der Waals surface area contributed by atoms with Gasteiger partial charge in [0.2, 0.25) is 0 Å². The number of nitrogens with one attached hydrogen (secondary N) is 1. The molecule has 0 saturated heterocycles. The highest BCUT2D eigenvalue weighted by atomic mass is 16.6. The van der Waals surface area contributed by atoms with Crippen LogP contribution in [-0.4, -0.2) is 4.92 Å². The van der Waals surface area contributed by atoms with E-state index < -0.39 is 4.92 Å². The SMILES string of the molecule is Cc1cccc(Nc2cc(N)cc([N+](=O)[O-])c2)c1C#N. The lowest BCUT2D eigenvalue weighted by Gasteiger charge is -2.10. The van der Waals surface area contributed by atoms with Gasteiger partial charge < -0.3 is 11.1 Å². The van der Waals surface area contributed by atoms with Crippen molar-refractivity contribution in [1.29, 1.82) is 5.26 Å². The first-order valence-electron chi connectivity index (χ1n) is 5.83. The molecule has 2 aromatic rings. The fourth-order valence-corrected chi connectivity index (χ4v) is 1.89. The van der Waals surface area contributed by atoms with E-state index in [1.54, 1.807) is 18.2 Å². The molecular formula is C14H12N4O2. The molecule has 20 heavy (non-hydrogen) atoms. The number of aryl methyl sites for hydroxylation is 1. The normalized spacial score (nSPS) is 9.80. The second-order valence-corrected chi connectivity index (χ2v) is 4.30. The molecule has 0 aliphatic carbocycles. The van der Waals surface area contributed by atoms with E-state index >= 15 is 0 Å². The topological polar surface area (TPSA) is 105 Å². The number of nitrogens with two attached hydrogens (primary N) is 1. The maximum absolute atomic E-state index is 10.8. The van der Waals surface area contributed by atoms with Crippen molar-refractivity contribution in [3.05, 3.63) is 57.6 Å². The second kappa shape index (κ2) is 5.28. The van der Waals surface area contributed by atoms with Gasteiger partial charge in [0.05, 0.1) is 16.2 Å². The van der Waals surface area contributed by atoms with E-state index in [0.29, 0.717) is 16.9 Å². The van der Waals surface area contributed by atoms with Crippen LogP contribution in [0.1, 0.15) is 11.1 Å². The highest BCUT2D eigenvalue weighted by molar-refractivity contribution is 5.72. The fourth-order valence-electron chi connectivity index (χ4n) is 1.89. The predicted molar refractivity (Wildman–Crippen MR) is 76.7 cm³/mol. The Kier molecular flexibility index (Phi) is 3.53. The standard InChI is InChI=1S/C14H12N4O2/c1-9-3-2-4-14(13(9)8-15)17-11-5-10(16)6-12(7-11)18(19)20/h2-7,17H,16H2,1H3. The van der Waals surface area contributed by atoms with Crippen LogP contribution in [0.2, 0.25) is 0 Å². The molecule has 0 spiro atoms. The molecule has 0 heterocycles. The molecule has 3 N–H and O–H groups in total. The van der Waals surface area contributed by atoms with Crippen LogP contribution in [0.15, 0.2) is 36.4 Å². The Bertz CT molecular complexity index is 720. The summed E-state index contributed by atoms with van der Waals surface area (Å²) in [5, 5.41) is 23.0. The predicted octanol–water partition coefficient (Wildman–Crippen LogP) is 3.10. The zero-order valence-electron chi connectivity index (χ0n) is 10.8.